The number of nitrogens with zero attached hydrogens (tertiary/aromatic N) is 3. The highest BCUT2D eigenvalue weighted by molar-refractivity contribution is 5.91. The number of benzene rings is 1. The predicted molar refractivity (Wildman–Crippen MR) is 112 cm³/mol. The van der Waals surface area contributed by atoms with Gasteiger partial charge in [0.2, 0.25) is 0 Å². The van der Waals surface area contributed by atoms with Gasteiger partial charge in [0.25, 0.3) is 0 Å². The van der Waals surface area contributed by atoms with Crippen LogP contribution in [0.25, 0.3) is 5.69 Å². The van der Waals surface area contributed by atoms with Gasteiger partial charge in [0, 0.05) is 12.2 Å². The number of amides is 2. The number of aromatic nitrogens is 2. The molecule has 0 aliphatic carbocycles. The fourth-order valence-corrected chi connectivity index (χ4v) is 3.94. The SMILES string of the molecule is Cc1cc(C)n(-c2ccccc2NC(=O)NC[C@@H](c2ccco2)N2CCCC2)n1. The molecule has 1 aliphatic rings. The van der Waals surface area contributed by atoms with Crippen molar-refractivity contribution in [3.8, 4) is 5.69 Å². The van der Waals surface area contributed by atoms with Gasteiger partial charge < -0.3 is 15.1 Å². The molecule has 1 atom stereocenters. The number of nitrogens with one attached hydrogen (secondary N) is 2. The highest BCUT2D eigenvalue weighted by Crippen LogP contribution is 2.25. The molecule has 152 valence electrons. The van der Waals surface area contributed by atoms with Crippen molar-refractivity contribution in [3.63, 3.8) is 0 Å². The molecular weight excluding hydrogens is 366 g/mol. The third-order valence-electron chi connectivity index (χ3n) is 5.30. The number of urea groups is 1. The van der Waals surface area contributed by atoms with Gasteiger partial charge >= 0.3 is 6.03 Å². The number of anilines is 1. The summed E-state index contributed by atoms with van der Waals surface area (Å²) in [5.41, 5.74) is 3.51. The van der Waals surface area contributed by atoms with Gasteiger partial charge in [0.05, 0.1) is 29.4 Å². The number of carbonyl (C=O) groups excluding carboxylic acids is 1. The topological polar surface area (TPSA) is 75.3 Å². The van der Waals surface area contributed by atoms with Crippen LogP contribution in [0.4, 0.5) is 10.5 Å². The number of hydrogen-bond donors (Lipinski definition) is 2. The monoisotopic (exact) mass is 393 g/mol. The summed E-state index contributed by atoms with van der Waals surface area (Å²) in [6.45, 7) is 6.49. The second kappa shape index (κ2) is 8.53. The summed E-state index contributed by atoms with van der Waals surface area (Å²) in [6, 6.07) is 13.4. The van der Waals surface area contributed by atoms with Crippen LogP contribution in [0.5, 0.6) is 0 Å². The Morgan fingerprint density at radius 2 is 1.97 bits per heavy atom. The molecule has 29 heavy (non-hydrogen) atoms. The first-order valence-electron chi connectivity index (χ1n) is 10.1. The fourth-order valence-electron chi connectivity index (χ4n) is 3.94. The van der Waals surface area contributed by atoms with E-state index in [0.29, 0.717) is 12.2 Å². The van der Waals surface area contributed by atoms with E-state index in [-0.39, 0.29) is 12.1 Å². The van der Waals surface area contributed by atoms with Crippen LogP contribution in [0, 0.1) is 13.8 Å². The molecule has 2 aromatic heterocycles. The highest BCUT2D eigenvalue weighted by atomic mass is 16.3. The lowest BCUT2D eigenvalue weighted by molar-refractivity contribution is 0.207. The molecule has 7 heteroatoms. The number of furan rings is 1. The Hall–Kier alpha value is -3.06. The lowest BCUT2D eigenvalue weighted by atomic mass is 10.2. The molecule has 1 aromatic carbocycles. The molecule has 1 fully saturated rings. The first-order chi connectivity index (χ1) is 14.1. The van der Waals surface area contributed by atoms with Gasteiger partial charge in [-0.1, -0.05) is 12.1 Å². The Balaban J connectivity index is 1.45. The molecule has 1 aliphatic heterocycles. The molecule has 0 bridgehead atoms. The molecule has 7 nitrogen and oxygen atoms in total. The zero-order chi connectivity index (χ0) is 20.2. The molecule has 1 saturated heterocycles. The van der Waals surface area contributed by atoms with Gasteiger partial charge in [-0.3, -0.25) is 4.90 Å². The van der Waals surface area contributed by atoms with Crippen molar-refractivity contribution in [2.24, 2.45) is 0 Å². The van der Waals surface area contributed by atoms with E-state index < -0.39 is 0 Å². The number of hydrogen-bond acceptors (Lipinski definition) is 4. The largest absolute Gasteiger partial charge is 0.468 e. The van der Waals surface area contributed by atoms with Crippen LogP contribution in [0.2, 0.25) is 0 Å². The first kappa shape index (κ1) is 19.3. The van der Waals surface area contributed by atoms with E-state index in [1.54, 1.807) is 6.26 Å². The quantitative estimate of drug-likeness (QED) is 0.663. The van der Waals surface area contributed by atoms with Gasteiger partial charge in [0.15, 0.2) is 0 Å². The number of aryl methyl sites for hydroxylation is 2. The van der Waals surface area contributed by atoms with Crippen LogP contribution in [0.1, 0.15) is 36.0 Å². The minimum Gasteiger partial charge on any atom is -0.468 e. The van der Waals surface area contributed by atoms with E-state index in [2.05, 4.69) is 20.6 Å². The Kier molecular flexibility index (Phi) is 5.67. The molecule has 2 N–H and O–H groups in total. The minimum absolute atomic E-state index is 0.0458. The third-order valence-corrected chi connectivity index (χ3v) is 5.30. The van der Waals surface area contributed by atoms with Crippen LogP contribution >= 0.6 is 0 Å². The summed E-state index contributed by atoms with van der Waals surface area (Å²) in [5.74, 6) is 0.884. The second-order valence-electron chi connectivity index (χ2n) is 7.47. The second-order valence-corrected chi connectivity index (χ2v) is 7.47. The van der Waals surface area contributed by atoms with Gasteiger partial charge in [-0.15, -0.1) is 0 Å². The minimum atomic E-state index is -0.241. The van der Waals surface area contributed by atoms with Crippen LogP contribution in [-0.4, -0.2) is 40.3 Å². The van der Waals surface area contributed by atoms with Crippen LogP contribution < -0.4 is 10.6 Å². The van der Waals surface area contributed by atoms with Gasteiger partial charge in [-0.05, 0) is 70.1 Å². The molecule has 0 radical (unpaired) electrons. The number of carbonyl (C=O) groups is 1. The van der Waals surface area contributed by atoms with Crippen molar-refractivity contribution in [3.05, 3.63) is 65.9 Å². The Morgan fingerprint density at radius 1 is 1.17 bits per heavy atom. The van der Waals surface area contributed by atoms with E-state index in [1.165, 1.54) is 12.8 Å². The van der Waals surface area contributed by atoms with E-state index in [0.717, 1.165) is 35.9 Å². The Labute approximate surface area is 170 Å². The average molecular weight is 393 g/mol. The molecule has 0 saturated carbocycles. The van der Waals surface area contributed by atoms with E-state index in [1.807, 2.05) is 61.0 Å². The normalized spacial score (nSPS) is 15.4. The molecule has 4 rings (SSSR count). The van der Waals surface area contributed by atoms with Crippen molar-refractivity contribution >= 4 is 11.7 Å². The zero-order valence-corrected chi connectivity index (χ0v) is 16.9. The standard InChI is InChI=1S/C22H27N5O2/c1-16-14-17(2)27(25-16)19-9-4-3-8-18(19)24-22(28)23-15-20(21-10-7-13-29-21)26-11-5-6-12-26/h3-4,7-10,13-14,20H,5-6,11-12,15H2,1-2H3,(H2,23,24,28)/t20-/m0/s1. The molecule has 2 amide bonds. The molecule has 3 aromatic rings. The van der Waals surface area contributed by atoms with Crippen molar-refractivity contribution < 1.29 is 9.21 Å². The summed E-state index contributed by atoms with van der Waals surface area (Å²) in [7, 11) is 0. The molecule has 0 unspecified atom stereocenters. The van der Waals surface area contributed by atoms with Crippen molar-refractivity contribution in [2.45, 2.75) is 32.7 Å². The number of likely N-dealkylation sites (tertiary alicyclic amines) is 1. The molecule has 3 heterocycles. The number of rotatable bonds is 6. The highest BCUT2D eigenvalue weighted by Gasteiger charge is 2.26. The summed E-state index contributed by atoms with van der Waals surface area (Å²) in [4.78, 5) is 15.0. The summed E-state index contributed by atoms with van der Waals surface area (Å²) >= 11 is 0. The Bertz CT molecular complexity index is 958. The van der Waals surface area contributed by atoms with E-state index in [9.17, 15) is 4.79 Å². The maximum atomic E-state index is 12.7. The van der Waals surface area contributed by atoms with Gasteiger partial charge in [-0.2, -0.15) is 5.10 Å². The van der Waals surface area contributed by atoms with Gasteiger partial charge in [-0.25, -0.2) is 9.48 Å². The third kappa shape index (κ3) is 4.35. The van der Waals surface area contributed by atoms with Crippen LogP contribution in [-0.2, 0) is 0 Å². The first-order valence-corrected chi connectivity index (χ1v) is 10.1. The van der Waals surface area contributed by atoms with Gasteiger partial charge in [0.1, 0.15) is 5.76 Å². The summed E-state index contributed by atoms with van der Waals surface area (Å²) in [6.07, 6.45) is 4.04. The number of para-hydroxylation sites is 2. The van der Waals surface area contributed by atoms with Crippen LogP contribution in [0.3, 0.4) is 0 Å². The average Bonchev–Trinajstić information content (AvgIpc) is 3.46. The van der Waals surface area contributed by atoms with Crippen LogP contribution in [0.15, 0.2) is 53.1 Å². The molecule has 0 spiro atoms. The van der Waals surface area contributed by atoms with Crippen molar-refractivity contribution in [1.82, 2.24) is 20.0 Å². The Morgan fingerprint density at radius 3 is 2.66 bits per heavy atom. The maximum absolute atomic E-state index is 12.7. The van der Waals surface area contributed by atoms with Crippen molar-refractivity contribution in [2.75, 3.05) is 25.0 Å². The smallest absolute Gasteiger partial charge is 0.319 e. The lowest BCUT2D eigenvalue weighted by Gasteiger charge is -2.26. The lowest BCUT2D eigenvalue weighted by Crippen LogP contribution is -2.38. The zero-order valence-electron chi connectivity index (χ0n) is 16.9. The molecular formula is C22H27N5O2. The maximum Gasteiger partial charge on any atom is 0.319 e. The fraction of sp³-hybridized carbons (Fsp3) is 0.364. The van der Waals surface area contributed by atoms with E-state index >= 15 is 0 Å². The summed E-state index contributed by atoms with van der Waals surface area (Å²) < 4.78 is 7.47. The van der Waals surface area contributed by atoms with E-state index in [4.69, 9.17) is 4.42 Å². The summed E-state index contributed by atoms with van der Waals surface area (Å²) in [5, 5.41) is 10.5. The predicted octanol–water partition coefficient (Wildman–Crippen LogP) is 4.04. The van der Waals surface area contributed by atoms with Crippen molar-refractivity contribution in [1.29, 1.82) is 0 Å².